The molecule has 0 atom stereocenters. The summed E-state index contributed by atoms with van der Waals surface area (Å²) in [6.07, 6.45) is -0.358. The number of aromatic nitrogens is 2. The Morgan fingerprint density at radius 2 is 1.66 bits per heavy atom. The zero-order valence-corrected chi connectivity index (χ0v) is 17.6. The molecule has 0 saturated heterocycles. The zero-order valence-electron chi connectivity index (χ0n) is 17.6. The van der Waals surface area contributed by atoms with E-state index in [2.05, 4.69) is 10.3 Å². The van der Waals surface area contributed by atoms with Gasteiger partial charge in [0.05, 0.1) is 11.1 Å². The van der Waals surface area contributed by atoms with E-state index in [-0.39, 0.29) is 41.8 Å². The summed E-state index contributed by atoms with van der Waals surface area (Å²) in [7, 11) is 0. The molecule has 3 rings (SSSR count). The van der Waals surface area contributed by atoms with Crippen LogP contribution in [0.2, 0.25) is 0 Å². The van der Waals surface area contributed by atoms with Gasteiger partial charge in [-0.2, -0.15) is 0 Å². The van der Waals surface area contributed by atoms with Gasteiger partial charge in [0.25, 0.3) is 5.56 Å². The number of ether oxygens (including phenoxy) is 1. The molecule has 0 aliphatic carbocycles. The Labute approximate surface area is 180 Å². The second-order valence-corrected chi connectivity index (χ2v) is 8.11. The lowest BCUT2D eigenvalue weighted by molar-refractivity contribution is 0.0527. The lowest BCUT2D eigenvalue weighted by atomic mass is 10.2. The average Bonchev–Trinajstić information content (AvgIpc) is 2.64. The van der Waals surface area contributed by atoms with E-state index in [1.807, 2.05) is 0 Å². The minimum atomic E-state index is -1.04. The van der Waals surface area contributed by atoms with Crippen molar-refractivity contribution in [1.82, 2.24) is 14.9 Å². The fourth-order valence-corrected chi connectivity index (χ4v) is 3.11. The molecule has 170 valence electrons. The first-order valence-corrected chi connectivity index (χ1v) is 9.78. The Bertz CT molecular complexity index is 1220. The number of aryl methyl sites for hydroxylation is 1. The molecule has 0 aliphatic rings. The molecular formula is C22H21F4N3O3. The summed E-state index contributed by atoms with van der Waals surface area (Å²) in [5.74, 6) is -3.91. The summed E-state index contributed by atoms with van der Waals surface area (Å²) in [6.45, 7) is 5.26. The number of amides is 1. The zero-order chi connectivity index (χ0) is 23.6. The number of hydrogen-bond donors (Lipinski definition) is 1. The number of hydrogen-bond acceptors (Lipinski definition) is 4. The van der Waals surface area contributed by atoms with Crippen LogP contribution in [0.25, 0.3) is 16.6 Å². The van der Waals surface area contributed by atoms with Gasteiger partial charge in [0.15, 0.2) is 5.82 Å². The molecule has 0 spiro atoms. The molecule has 1 amide bonds. The smallest absolute Gasteiger partial charge is 0.407 e. The first-order chi connectivity index (χ1) is 14.9. The molecule has 0 unspecified atom stereocenters. The van der Waals surface area contributed by atoms with Gasteiger partial charge in [-0.25, -0.2) is 27.3 Å². The summed E-state index contributed by atoms with van der Waals surface area (Å²) in [4.78, 5) is 28.9. The number of benzene rings is 2. The Hall–Kier alpha value is -3.43. The fraction of sp³-hybridized carbons (Fsp3) is 0.318. The SMILES string of the molecule is CC(C)(C)OC(=O)NCCCc1nc2c(F)cc(F)cc2c(=O)n1-c1cc(F)cc(F)c1. The molecule has 0 aliphatic heterocycles. The lowest BCUT2D eigenvalue weighted by Crippen LogP contribution is -2.33. The monoisotopic (exact) mass is 451 g/mol. The molecule has 1 heterocycles. The largest absolute Gasteiger partial charge is 0.444 e. The molecule has 3 aromatic rings. The highest BCUT2D eigenvalue weighted by molar-refractivity contribution is 5.78. The number of alkyl carbamates (subject to hydrolysis) is 1. The van der Waals surface area contributed by atoms with E-state index in [4.69, 9.17) is 4.74 Å². The minimum Gasteiger partial charge on any atom is -0.444 e. The second kappa shape index (κ2) is 8.97. The summed E-state index contributed by atoms with van der Waals surface area (Å²) >= 11 is 0. The number of halogens is 4. The average molecular weight is 451 g/mol. The van der Waals surface area contributed by atoms with Crippen molar-refractivity contribution in [2.75, 3.05) is 6.54 Å². The Kier molecular flexibility index (Phi) is 6.52. The maximum absolute atomic E-state index is 14.3. The van der Waals surface area contributed by atoms with Gasteiger partial charge in [-0.05, 0) is 45.4 Å². The van der Waals surface area contributed by atoms with Gasteiger partial charge in [0, 0.05) is 25.1 Å². The molecule has 2 aromatic carbocycles. The van der Waals surface area contributed by atoms with Crippen molar-refractivity contribution >= 4 is 17.0 Å². The van der Waals surface area contributed by atoms with Crippen molar-refractivity contribution in [3.05, 3.63) is 69.8 Å². The van der Waals surface area contributed by atoms with Crippen LogP contribution in [0, 0.1) is 23.3 Å². The lowest BCUT2D eigenvalue weighted by Gasteiger charge is -2.19. The van der Waals surface area contributed by atoms with Crippen molar-refractivity contribution in [3.8, 4) is 5.69 Å². The maximum atomic E-state index is 14.3. The Morgan fingerprint density at radius 3 is 2.28 bits per heavy atom. The van der Waals surface area contributed by atoms with Gasteiger partial charge in [0.1, 0.15) is 34.4 Å². The molecule has 32 heavy (non-hydrogen) atoms. The van der Waals surface area contributed by atoms with Gasteiger partial charge >= 0.3 is 6.09 Å². The quantitative estimate of drug-likeness (QED) is 0.461. The number of fused-ring (bicyclic) bond motifs is 1. The van der Waals surface area contributed by atoms with Gasteiger partial charge < -0.3 is 10.1 Å². The standard InChI is InChI=1S/C22H21F4N3O3/c1-22(2,3)32-21(31)27-6-4-5-18-28-19-16(10-14(25)11-17(19)26)20(30)29(18)15-8-12(23)7-13(24)9-15/h7-11H,4-6H2,1-3H3,(H,27,31). The molecule has 0 saturated carbocycles. The summed E-state index contributed by atoms with van der Waals surface area (Å²) in [6, 6.07) is 3.86. The van der Waals surface area contributed by atoms with Crippen LogP contribution >= 0.6 is 0 Å². The van der Waals surface area contributed by atoms with E-state index in [1.54, 1.807) is 20.8 Å². The van der Waals surface area contributed by atoms with E-state index < -0.39 is 40.5 Å². The number of nitrogens with zero attached hydrogens (tertiary/aromatic N) is 2. The third-order valence-corrected chi connectivity index (χ3v) is 4.31. The molecule has 10 heteroatoms. The molecule has 6 nitrogen and oxygen atoms in total. The van der Waals surface area contributed by atoms with Gasteiger partial charge in [-0.3, -0.25) is 9.36 Å². The normalized spacial score (nSPS) is 11.6. The Morgan fingerprint density at radius 1 is 1.03 bits per heavy atom. The predicted molar refractivity (Wildman–Crippen MR) is 110 cm³/mol. The van der Waals surface area contributed by atoms with Crippen molar-refractivity contribution in [3.63, 3.8) is 0 Å². The molecule has 0 fully saturated rings. The van der Waals surface area contributed by atoms with Crippen LogP contribution in [0.3, 0.4) is 0 Å². The van der Waals surface area contributed by atoms with Crippen LogP contribution in [0.5, 0.6) is 0 Å². The van der Waals surface area contributed by atoms with Crippen LogP contribution in [-0.2, 0) is 11.2 Å². The fourth-order valence-electron chi connectivity index (χ4n) is 3.11. The van der Waals surface area contributed by atoms with E-state index in [1.165, 1.54) is 0 Å². The molecule has 0 bridgehead atoms. The Balaban J connectivity index is 1.98. The van der Waals surface area contributed by atoms with Gasteiger partial charge in [-0.1, -0.05) is 0 Å². The van der Waals surface area contributed by atoms with Crippen LogP contribution in [0.4, 0.5) is 22.4 Å². The molecule has 0 radical (unpaired) electrons. The number of rotatable bonds is 5. The maximum Gasteiger partial charge on any atom is 0.407 e. The molecule has 1 aromatic heterocycles. The van der Waals surface area contributed by atoms with E-state index >= 15 is 0 Å². The van der Waals surface area contributed by atoms with Crippen molar-refractivity contribution < 1.29 is 27.1 Å². The van der Waals surface area contributed by atoms with E-state index in [0.717, 1.165) is 22.8 Å². The third kappa shape index (κ3) is 5.43. The molecular weight excluding hydrogens is 430 g/mol. The number of carbonyl (C=O) groups excluding carboxylic acids is 1. The van der Waals surface area contributed by atoms with Crippen LogP contribution in [0.1, 0.15) is 33.0 Å². The van der Waals surface area contributed by atoms with Crippen LogP contribution in [-0.4, -0.2) is 27.8 Å². The van der Waals surface area contributed by atoms with Crippen molar-refractivity contribution in [2.24, 2.45) is 0 Å². The van der Waals surface area contributed by atoms with Crippen LogP contribution in [0.15, 0.2) is 35.1 Å². The predicted octanol–water partition coefficient (Wildman–Crippen LogP) is 4.40. The minimum absolute atomic E-state index is 0.0102. The van der Waals surface area contributed by atoms with Crippen LogP contribution < -0.4 is 10.9 Å². The first kappa shape index (κ1) is 23.2. The summed E-state index contributed by atoms with van der Waals surface area (Å²) in [5.41, 5.74) is -2.10. The summed E-state index contributed by atoms with van der Waals surface area (Å²) in [5, 5.41) is 2.17. The van der Waals surface area contributed by atoms with Gasteiger partial charge in [-0.15, -0.1) is 0 Å². The molecule has 1 N–H and O–H groups in total. The highest BCUT2D eigenvalue weighted by Crippen LogP contribution is 2.19. The van der Waals surface area contributed by atoms with Crippen molar-refractivity contribution in [2.45, 2.75) is 39.2 Å². The first-order valence-electron chi connectivity index (χ1n) is 9.78. The number of nitrogens with one attached hydrogen (secondary N) is 1. The highest BCUT2D eigenvalue weighted by Gasteiger charge is 2.19. The summed E-state index contributed by atoms with van der Waals surface area (Å²) < 4.78 is 61.6. The third-order valence-electron chi connectivity index (χ3n) is 4.31. The van der Waals surface area contributed by atoms with E-state index in [0.29, 0.717) is 12.1 Å². The topological polar surface area (TPSA) is 73.2 Å². The second-order valence-electron chi connectivity index (χ2n) is 8.11. The number of carbonyl (C=O) groups is 1. The highest BCUT2D eigenvalue weighted by atomic mass is 19.1. The van der Waals surface area contributed by atoms with Gasteiger partial charge in [0.2, 0.25) is 0 Å². The van der Waals surface area contributed by atoms with E-state index in [9.17, 15) is 27.2 Å². The van der Waals surface area contributed by atoms with Crippen molar-refractivity contribution in [1.29, 1.82) is 0 Å².